The fourth-order valence-corrected chi connectivity index (χ4v) is 2.63. The first kappa shape index (κ1) is 15.2. The molecule has 0 bridgehead atoms. The Morgan fingerprint density at radius 3 is 2.70 bits per heavy atom. The van der Waals surface area contributed by atoms with E-state index in [1.165, 1.54) is 11.5 Å². The molecule has 0 atom stereocenters. The highest BCUT2D eigenvalue weighted by atomic mass is 32.1. The predicted octanol–water partition coefficient (Wildman–Crippen LogP) is 1.50. The van der Waals surface area contributed by atoms with Gasteiger partial charge < -0.3 is 15.0 Å². The van der Waals surface area contributed by atoms with Crippen molar-refractivity contribution in [3.63, 3.8) is 0 Å². The van der Waals surface area contributed by atoms with Gasteiger partial charge >= 0.3 is 0 Å². The smallest absolute Gasteiger partial charge is 0.224 e. The van der Waals surface area contributed by atoms with E-state index < -0.39 is 0 Å². The minimum atomic E-state index is -0.0416. The summed E-state index contributed by atoms with van der Waals surface area (Å²) in [6, 6.07) is 0. The second-order valence-electron chi connectivity index (χ2n) is 5.84. The quantitative estimate of drug-likeness (QED) is 0.912. The first-order valence-corrected chi connectivity index (χ1v) is 7.68. The van der Waals surface area contributed by atoms with Crippen LogP contribution >= 0.6 is 11.5 Å². The van der Waals surface area contributed by atoms with Gasteiger partial charge in [0, 0.05) is 43.0 Å². The van der Waals surface area contributed by atoms with E-state index in [9.17, 15) is 4.79 Å². The van der Waals surface area contributed by atoms with Gasteiger partial charge in [-0.05, 0) is 0 Å². The molecule has 1 aromatic rings. The Balaban J connectivity index is 1.75. The Labute approximate surface area is 123 Å². The maximum Gasteiger partial charge on any atom is 0.224 e. The maximum absolute atomic E-state index is 12.0. The molecule has 1 saturated heterocycles. The number of aromatic nitrogens is 2. The highest BCUT2D eigenvalue weighted by molar-refractivity contribution is 7.09. The second-order valence-corrected chi connectivity index (χ2v) is 6.59. The van der Waals surface area contributed by atoms with Gasteiger partial charge in [-0.3, -0.25) is 4.79 Å². The zero-order valence-electron chi connectivity index (χ0n) is 12.3. The molecule has 1 amide bonds. The maximum atomic E-state index is 12.0. The summed E-state index contributed by atoms with van der Waals surface area (Å²) in [5, 5.41) is 3.96. The summed E-state index contributed by atoms with van der Waals surface area (Å²) in [7, 11) is 0. The van der Waals surface area contributed by atoms with E-state index in [1.807, 2.05) is 4.90 Å². The lowest BCUT2D eigenvalue weighted by Gasteiger charge is -2.26. The zero-order chi connectivity index (χ0) is 14.6. The fraction of sp³-hybridized carbons (Fsp3) is 0.769. The van der Waals surface area contributed by atoms with Gasteiger partial charge in [0.25, 0.3) is 0 Å². The lowest BCUT2D eigenvalue weighted by molar-refractivity contribution is -0.134. The minimum absolute atomic E-state index is 0.0416. The molecular weight excluding hydrogens is 276 g/mol. The third-order valence-corrected chi connectivity index (χ3v) is 3.75. The number of carbonyl (C=O) groups is 1. The molecule has 1 aliphatic rings. The van der Waals surface area contributed by atoms with Gasteiger partial charge in [0.2, 0.25) is 11.0 Å². The molecule has 0 saturated carbocycles. The van der Waals surface area contributed by atoms with Gasteiger partial charge in [0.1, 0.15) is 5.82 Å². The predicted molar refractivity (Wildman–Crippen MR) is 79.1 cm³/mol. The molecule has 1 N–H and O–H groups in total. The van der Waals surface area contributed by atoms with Crippen LogP contribution < -0.4 is 5.32 Å². The fourth-order valence-electron chi connectivity index (χ4n) is 1.85. The van der Waals surface area contributed by atoms with Crippen molar-refractivity contribution in [2.75, 3.05) is 38.2 Å². The Hall–Kier alpha value is -1.21. The molecule has 1 aliphatic heterocycles. The number of morpholine rings is 1. The molecule has 112 valence electrons. The molecule has 0 radical (unpaired) electrons. The monoisotopic (exact) mass is 298 g/mol. The van der Waals surface area contributed by atoms with Crippen molar-refractivity contribution in [3.8, 4) is 0 Å². The van der Waals surface area contributed by atoms with E-state index in [-0.39, 0.29) is 11.3 Å². The third-order valence-electron chi connectivity index (χ3n) is 3.08. The van der Waals surface area contributed by atoms with Gasteiger partial charge in [-0.2, -0.15) is 4.37 Å². The van der Waals surface area contributed by atoms with Crippen LogP contribution in [-0.4, -0.2) is 53.0 Å². The normalized spacial score (nSPS) is 16.2. The first-order valence-electron chi connectivity index (χ1n) is 6.90. The molecule has 1 aromatic heterocycles. The number of rotatable bonds is 4. The standard InChI is InChI=1S/C13H22N4O2S/c1-13(2,3)11-15-12(20-16-11)14-5-4-10(18)17-6-8-19-9-7-17/h4-9H2,1-3H3,(H,14,15,16). The van der Waals surface area contributed by atoms with Crippen molar-refractivity contribution in [2.24, 2.45) is 0 Å². The molecule has 0 spiro atoms. The van der Waals surface area contributed by atoms with Crippen LogP contribution in [0.4, 0.5) is 5.13 Å². The lowest BCUT2D eigenvalue weighted by Crippen LogP contribution is -2.41. The SMILES string of the molecule is CC(C)(C)c1nsc(NCCC(=O)N2CCOCC2)n1. The lowest BCUT2D eigenvalue weighted by atomic mass is 9.96. The summed E-state index contributed by atoms with van der Waals surface area (Å²) in [4.78, 5) is 18.2. The summed E-state index contributed by atoms with van der Waals surface area (Å²) in [6.45, 7) is 9.53. The van der Waals surface area contributed by atoms with Crippen molar-refractivity contribution in [3.05, 3.63) is 5.82 Å². The van der Waals surface area contributed by atoms with Crippen LogP contribution in [0.25, 0.3) is 0 Å². The summed E-state index contributed by atoms with van der Waals surface area (Å²) in [5.41, 5.74) is -0.0416. The van der Waals surface area contributed by atoms with Crippen LogP contribution in [0.3, 0.4) is 0 Å². The number of nitrogens with zero attached hydrogens (tertiary/aromatic N) is 3. The summed E-state index contributed by atoms with van der Waals surface area (Å²) in [6.07, 6.45) is 0.477. The summed E-state index contributed by atoms with van der Waals surface area (Å²) in [5.74, 6) is 1.01. The highest BCUT2D eigenvalue weighted by Gasteiger charge is 2.20. The van der Waals surface area contributed by atoms with Gasteiger partial charge in [-0.1, -0.05) is 20.8 Å². The van der Waals surface area contributed by atoms with Crippen molar-refractivity contribution in [1.29, 1.82) is 0 Å². The molecule has 20 heavy (non-hydrogen) atoms. The molecule has 0 unspecified atom stereocenters. The molecule has 0 aromatic carbocycles. The van der Waals surface area contributed by atoms with Gasteiger partial charge in [0.05, 0.1) is 13.2 Å². The molecular formula is C13H22N4O2S. The Morgan fingerprint density at radius 1 is 1.40 bits per heavy atom. The van der Waals surface area contributed by atoms with Gasteiger partial charge in [-0.15, -0.1) is 0 Å². The number of anilines is 1. The Kier molecular flexibility index (Phi) is 4.93. The largest absolute Gasteiger partial charge is 0.378 e. The molecule has 6 nitrogen and oxygen atoms in total. The van der Waals surface area contributed by atoms with E-state index in [0.29, 0.717) is 39.3 Å². The average molecular weight is 298 g/mol. The average Bonchev–Trinajstić information content (AvgIpc) is 2.88. The van der Waals surface area contributed by atoms with Crippen LogP contribution in [0.15, 0.2) is 0 Å². The highest BCUT2D eigenvalue weighted by Crippen LogP contribution is 2.22. The number of hydrogen-bond acceptors (Lipinski definition) is 6. The molecule has 2 rings (SSSR count). The van der Waals surface area contributed by atoms with Crippen LogP contribution in [0.1, 0.15) is 33.0 Å². The van der Waals surface area contributed by atoms with E-state index in [1.54, 1.807) is 0 Å². The Morgan fingerprint density at radius 2 is 2.10 bits per heavy atom. The van der Waals surface area contributed by atoms with E-state index >= 15 is 0 Å². The van der Waals surface area contributed by atoms with Crippen LogP contribution in [0.2, 0.25) is 0 Å². The van der Waals surface area contributed by atoms with Crippen molar-refractivity contribution < 1.29 is 9.53 Å². The summed E-state index contributed by atoms with van der Waals surface area (Å²) >= 11 is 1.35. The number of hydrogen-bond donors (Lipinski definition) is 1. The first-order chi connectivity index (χ1) is 9.47. The zero-order valence-corrected chi connectivity index (χ0v) is 13.1. The summed E-state index contributed by atoms with van der Waals surface area (Å²) < 4.78 is 9.56. The van der Waals surface area contributed by atoms with E-state index in [4.69, 9.17) is 4.74 Å². The molecule has 1 fully saturated rings. The van der Waals surface area contributed by atoms with Crippen LogP contribution in [0, 0.1) is 0 Å². The van der Waals surface area contributed by atoms with Crippen LogP contribution in [0.5, 0.6) is 0 Å². The van der Waals surface area contributed by atoms with E-state index in [2.05, 4.69) is 35.4 Å². The van der Waals surface area contributed by atoms with Crippen LogP contribution in [-0.2, 0) is 14.9 Å². The molecule has 2 heterocycles. The molecule has 7 heteroatoms. The third kappa shape index (κ3) is 4.14. The van der Waals surface area contributed by atoms with Crippen molar-refractivity contribution in [1.82, 2.24) is 14.3 Å². The number of ether oxygens (including phenoxy) is 1. The second kappa shape index (κ2) is 6.49. The van der Waals surface area contributed by atoms with Crippen molar-refractivity contribution >= 4 is 22.6 Å². The molecule has 0 aliphatic carbocycles. The minimum Gasteiger partial charge on any atom is -0.378 e. The van der Waals surface area contributed by atoms with E-state index in [0.717, 1.165) is 11.0 Å². The van der Waals surface area contributed by atoms with Gasteiger partial charge in [-0.25, -0.2) is 4.98 Å². The number of amides is 1. The topological polar surface area (TPSA) is 67.4 Å². The van der Waals surface area contributed by atoms with Crippen molar-refractivity contribution in [2.45, 2.75) is 32.6 Å². The number of nitrogens with one attached hydrogen (secondary N) is 1. The Bertz CT molecular complexity index is 449. The van der Waals surface area contributed by atoms with Gasteiger partial charge in [0.15, 0.2) is 0 Å². The number of carbonyl (C=O) groups excluding carboxylic acids is 1.